The minimum atomic E-state index is -3.79. The van der Waals surface area contributed by atoms with Crippen LogP contribution in [0.2, 0.25) is 0 Å². The first-order valence-electron chi connectivity index (χ1n) is 8.43. The van der Waals surface area contributed by atoms with Gasteiger partial charge >= 0.3 is 0 Å². The van der Waals surface area contributed by atoms with Crippen LogP contribution in [0.25, 0.3) is 0 Å². The molecule has 0 radical (unpaired) electrons. The third-order valence-corrected chi connectivity index (χ3v) is 8.77. The van der Waals surface area contributed by atoms with Gasteiger partial charge in [-0.05, 0) is 24.0 Å². The summed E-state index contributed by atoms with van der Waals surface area (Å²) in [7, 11) is -4.66. The molecular weight excluding hydrogens is 376 g/mol. The zero-order valence-electron chi connectivity index (χ0n) is 14.9. The summed E-state index contributed by atoms with van der Waals surface area (Å²) in [5.74, 6) is -0.618. The molecule has 0 aliphatic heterocycles. The second-order valence-corrected chi connectivity index (χ2v) is 10.1. The van der Waals surface area contributed by atoms with Crippen molar-refractivity contribution in [1.29, 1.82) is 0 Å². The number of carbonyl (C=O) groups excluding carboxylic acids is 1. The third kappa shape index (κ3) is 4.62. The molecule has 0 saturated heterocycles. The minimum Gasteiger partial charge on any atom is -0.287 e. The number of ketones is 1. The summed E-state index contributed by atoms with van der Waals surface area (Å²) < 4.78 is 26.5. The Morgan fingerprint density at radius 2 is 1.26 bits per heavy atom. The van der Waals surface area contributed by atoms with Gasteiger partial charge in [0.15, 0.2) is 9.84 Å². The molecule has 0 aliphatic rings. The lowest BCUT2D eigenvalue weighted by molar-refractivity contribution is 0.107. The van der Waals surface area contributed by atoms with E-state index in [1.54, 1.807) is 60.9 Å². The molecule has 0 aliphatic carbocycles. The Kier molecular flexibility index (Phi) is 6.04. The van der Waals surface area contributed by atoms with E-state index in [4.69, 9.17) is 0 Å². The van der Waals surface area contributed by atoms with Crippen LogP contribution in [0.3, 0.4) is 0 Å². The first kappa shape index (κ1) is 19.3. The van der Waals surface area contributed by atoms with E-state index in [9.17, 15) is 13.2 Å². The summed E-state index contributed by atoms with van der Waals surface area (Å²) in [4.78, 5) is 14.0. The van der Waals surface area contributed by atoms with Crippen LogP contribution in [-0.4, -0.2) is 24.7 Å². The van der Waals surface area contributed by atoms with Gasteiger partial charge in [0.25, 0.3) is 0 Å². The molecule has 138 valence electrons. The van der Waals surface area contributed by atoms with Crippen LogP contribution in [0.5, 0.6) is 0 Å². The lowest BCUT2D eigenvalue weighted by Gasteiger charge is -2.14. The molecule has 1 unspecified atom stereocenters. The number of carbonyl (C=O) groups is 1. The van der Waals surface area contributed by atoms with Crippen molar-refractivity contribution in [2.24, 2.45) is 0 Å². The summed E-state index contributed by atoms with van der Waals surface area (Å²) in [5.41, 5.74) is 1.06. The average molecular weight is 397 g/mol. The monoisotopic (exact) mass is 396 g/mol. The van der Waals surface area contributed by atoms with Gasteiger partial charge in [0.1, 0.15) is 4.20 Å². The van der Waals surface area contributed by atoms with E-state index < -0.39 is 26.1 Å². The number of sulfone groups is 1. The highest BCUT2D eigenvalue weighted by Crippen LogP contribution is 2.29. The van der Waals surface area contributed by atoms with Gasteiger partial charge in [0.2, 0.25) is 5.78 Å². The van der Waals surface area contributed by atoms with Crippen LogP contribution in [0.1, 0.15) is 15.9 Å². The summed E-state index contributed by atoms with van der Waals surface area (Å²) >= 11 is 0. The lowest BCUT2D eigenvalue weighted by Crippen LogP contribution is -2.26. The third-order valence-electron chi connectivity index (χ3n) is 4.08. The maximum Gasteiger partial charge on any atom is 0.210 e. The Labute approximate surface area is 162 Å². The van der Waals surface area contributed by atoms with E-state index >= 15 is 0 Å². The quantitative estimate of drug-likeness (QED) is 0.469. The highest BCUT2D eigenvalue weighted by atomic mass is 32.2. The Balaban J connectivity index is 2.14. The molecule has 0 bridgehead atoms. The largest absolute Gasteiger partial charge is 0.287 e. The van der Waals surface area contributed by atoms with Crippen molar-refractivity contribution in [3.63, 3.8) is 0 Å². The zero-order chi connectivity index (χ0) is 19.3. The van der Waals surface area contributed by atoms with Crippen LogP contribution in [0.4, 0.5) is 0 Å². The van der Waals surface area contributed by atoms with Crippen molar-refractivity contribution in [3.8, 4) is 0 Å². The highest BCUT2D eigenvalue weighted by Gasteiger charge is 2.29. The Bertz CT molecular complexity index is 1060. The van der Waals surface area contributed by atoms with Gasteiger partial charge in [-0.1, -0.05) is 78.9 Å². The van der Waals surface area contributed by atoms with Gasteiger partial charge in [0, 0.05) is 10.5 Å². The van der Waals surface area contributed by atoms with Crippen molar-refractivity contribution >= 4 is 30.3 Å². The molecule has 0 fully saturated rings. The maximum absolute atomic E-state index is 13.3. The number of hydrogen-bond donors (Lipinski definition) is 0. The number of benzene rings is 3. The lowest BCUT2D eigenvalue weighted by atomic mass is 10.1. The van der Waals surface area contributed by atoms with Gasteiger partial charge in [0.05, 0.1) is 5.75 Å². The number of rotatable bonds is 5. The Morgan fingerprint density at radius 1 is 0.778 bits per heavy atom. The van der Waals surface area contributed by atoms with Crippen molar-refractivity contribution in [1.82, 2.24) is 0 Å². The molecule has 1 atom stereocenters. The van der Waals surface area contributed by atoms with E-state index in [0.717, 1.165) is 4.90 Å². The van der Waals surface area contributed by atoms with Crippen molar-refractivity contribution < 1.29 is 13.2 Å². The van der Waals surface area contributed by atoms with E-state index in [1.807, 2.05) is 36.4 Å². The van der Waals surface area contributed by atoms with Crippen LogP contribution in [0.15, 0.2) is 95.9 Å². The zero-order valence-corrected chi connectivity index (χ0v) is 16.5. The van der Waals surface area contributed by atoms with Gasteiger partial charge in [-0.15, -0.1) is 10.5 Å². The second kappa shape index (κ2) is 8.46. The molecule has 3 aromatic carbocycles. The van der Waals surface area contributed by atoms with Crippen molar-refractivity contribution in [3.05, 3.63) is 102 Å². The molecule has 3 aromatic rings. The second-order valence-electron chi connectivity index (χ2n) is 6.05. The molecule has 0 N–H and O–H groups in total. The topological polar surface area (TPSA) is 51.2 Å². The fourth-order valence-electron chi connectivity index (χ4n) is 2.77. The molecule has 3 nitrogen and oxygen atoms in total. The van der Waals surface area contributed by atoms with Gasteiger partial charge in [-0.25, -0.2) is 8.42 Å². The molecule has 0 aromatic heterocycles. The van der Waals surface area contributed by atoms with Gasteiger partial charge in [-0.2, -0.15) is 0 Å². The van der Waals surface area contributed by atoms with Crippen LogP contribution < -0.4 is 0 Å². The van der Waals surface area contributed by atoms with Gasteiger partial charge < -0.3 is 0 Å². The molecule has 27 heavy (non-hydrogen) atoms. The highest BCUT2D eigenvalue weighted by molar-refractivity contribution is 8.32. The van der Waals surface area contributed by atoms with E-state index in [0.29, 0.717) is 11.1 Å². The fraction of sp³-hybridized carbons (Fsp3) is 0.0909. The normalized spacial score (nSPS) is 13.0. The fourth-order valence-corrected chi connectivity index (χ4v) is 7.10. The van der Waals surface area contributed by atoms with E-state index in [2.05, 4.69) is 0 Å². The number of hydrogen-bond acceptors (Lipinski definition) is 3. The van der Waals surface area contributed by atoms with Gasteiger partial charge in [-0.3, -0.25) is 4.79 Å². The standard InChI is InChI=1S/C22H20O3S2/c1-26(20-15-9-4-10-16-20)22(21(23)19-13-7-3-8-14-19)27(24,25)17-18-11-5-2-6-12-18/h2-16H,17H2,1H3. The molecule has 0 amide bonds. The molecule has 5 heteroatoms. The SMILES string of the molecule is C/S(=C(\C(=O)c1ccccc1)S(=O)(=O)Cc1ccccc1)c1ccccc1. The Morgan fingerprint density at radius 3 is 1.81 bits per heavy atom. The van der Waals surface area contributed by atoms with E-state index in [-0.39, 0.29) is 9.95 Å². The predicted octanol–water partition coefficient (Wildman–Crippen LogP) is 4.57. The average Bonchev–Trinajstić information content (AvgIpc) is 2.69. The summed E-state index contributed by atoms with van der Waals surface area (Å²) in [5, 5.41) is 0. The Hall–Kier alpha value is -2.50. The maximum atomic E-state index is 13.3. The summed E-state index contributed by atoms with van der Waals surface area (Å²) in [6, 6.07) is 26.9. The smallest absolute Gasteiger partial charge is 0.210 e. The molecule has 0 spiro atoms. The first-order chi connectivity index (χ1) is 13.0. The molecule has 0 saturated carbocycles. The van der Waals surface area contributed by atoms with Crippen LogP contribution >= 0.6 is 10.5 Å². The number of Topliss-reactive ketones (excluding diaryl/α,β-unsaturated/α-hetero) is 1. The van der Waals surface area contributed by atoms with Crippen LogP contribution in [0, 0.1) is 0 Å². The van der Waals surface area contributed by atoms with E-state index in [1.165, 1.54) is 0 Å². The minimum absolute atomic E-state index is 0.0382. The molecule has 3 rings (SSSR count). The molecular formula is C22H20O3S2. The van der Waals surface area contributed by atoms with Crippen molar-refractivity contribution in [2.75, 3.05) is 6.26 Å². The van der Waals surface area contributed by atoms with Crippen molar-refractivity contribution in [2.45, 2.75) is 10.6 Å². The summed E-state index contributed by atoms with van der Waals surface area (Å²) in [6.07, 6.45) is 1.80. The first-order valence-corrected chi connectivity index (χ1v) is 11.7. The summed E-state index contributed by atoms with van der Waals surface area (Å²) in [6.45, 7) is 0. The predicted molar refractivity (Wildman–Crippen MR) is 113 cm³/mol. The van der Waals surface area contributed by atoms with Crippen LogP contribution in [-0.2, 0) is 15.6 Å². The molecule has 0 heterocycles.